The van der Waals surface area contributed by atoms with Crippen LogP contribution in [-0.4, -0.2) is 13.1 Å². The number of ether oxygens (including phenoxy) is 1. The summed E-state index contributed by atoms with van der Waals surface area (Å²) in [4.78, 5) is 10.8. The van der Waals surface area contributed by atoms with Crippen molar-refractivity contribution in [3.63, 3.8) is 0 Å². The van der Waals surface area contributed by atoms with E-state index >= 15 is 0 Å². The Morgan fingerprint density at radius 2 is 2.50 bits per heavy atom. The molecule has 1 aliphatic carbocycles. The summed E-state index contributed by atoms with van der Waals surface area (Å²) in [6.45, 7) is 0. The monoisotopic (exact) mass is 139 g/mol. The first-order valence-electron chi connectivity index (χ1n) is 2.97. The van der Waals surface area contributed by atoms with Gasteiger partial charge in [-0.05, 0) is 6.08 Å². The van der Waals surface area contributed by atoms with Gasteiger partial charge in [0.2, 0.25) is 0 Å². The van der Waals surface area contributed by atoms with Crippen molar-refractivity contribution >= 4 is 5.97 Å². The predicted octanol–water partition coefficient (Wildman–Crippen LogP) is 0.188. The average Bonchev–Trinajstić information content (AvgIpc) is 2.34. The van der Waals surface area contributed by atoms with E-state index in [0.717, 1.165) is 0 Å². The van der Waals surface area contributed by atoms with E-state index in [9.17, 15) is 4.79 Å². The van der Waals surface area contributed by atoms with Crippen molar-refractivity contribution in [1.29, 1.82) is 0 Å². The molecule has 2 N–H and O–H groups in total. The molecule has 10 heavy (non-hydrogen) atoms. The zero-order chi connectivity index (χ0) is 7.56. The summed E-state index contributed by atoms with van der Waals surface area (Å²) in [5.74, 6) is -0.660. The van der Waals surface area contributed by atoms with E-state index in [1.165, 1.54) is 7.11 Å². The van der Waals surface area contributed by atoms with Crippen molar-refractivity contribution in [2.75, 3.05) is 7.11 Å². The summed E-state index contributed by atoms with van der Waals surface area (Å²) < 4.78 is 4.49. The summed E-state index contributed by atoms with van der Waals surface area (Å²) >= 11 is 0. The highest BCUT2D eigenvalue weighted by molar-refractivity contribution is 5.78. The van der Waals surface area contributed by atoms with Crippen molar-refractivity contribution in [3.05, 3.63) is 23.9 Å². The number of hydrogen-bond donors (Lipinski definition) is 1. The molecule has 0 saturated carbocycles. The minimum atomic E-state index is -0.356. The van der Waals surface area contributed by atoms with E-state index in [0.29, 0.717) is 5.70 Å². The van der Waals surface area contributed by atoms with Gasteiger partial charge in [-0.15, -0.1) is 0 Å². The largest absolute Gasteiger partial charge is 0.468 e. The van der Waals surface area contributed by atoms with E-state index in [-0.39, 0.29) is 11.9 Å². The third-order valence-electron chi connectivity index (χ3n) is 1.41. The molecule has 0 aromatic carbocycles. The molecule has 0 aromatic rings. The number of carbonyl (C=O) groups excluding carboxylic acids is 1. The van der Waals surface area contributed by atoms with Crippen LogP contribution in [0.3, 0.4) is 0 Å². The van der Waals surface area contributed by atoms with Crippen molar-refractivity contribution in [3.8, 4) is 0 Å². The van der Waals surface area contributed by atoms with Crippen molar-refractivity contribution in [2.45, 2.75) is 0 Å². The maximum Gasteiger partial charge on any atom is 0.318 e. The molecule has 0 amide bonds. The number of esters is 1. The first-order chi connectivity index (χ1) is 4.75. The van der Waals surface area contributed by atoms with Gasteiger partial charge in [0.25, 0.3) is 0 Å². The van der Waals surface area contributed by atoms with Gasteiger partial charge in [0.1, 0.15) is 5.92 Å². The lowest BCUT2D eigenvalue weighted by Gasteiger charge is -2.05. The quantitative estimate of drug-likeness (QED) is 0.527. The number of methoxy groups -OCH3 is 1. The lowest BCUT2D eigenvalue weighted by atomic mass is 10.1. The van der Waals surface area contributed by atoms with Crippen molar-refractivity contribution in [2.24, 2.45) is 11.7 Å². The van der Waals surface area contributed by atoms with Gasteiger partial charge < -0.3 is 10.5 Å². The van der Waals surface area contributed by atoms with E-state index in [1.807, 2.05) is 0 Å². The van der Waals surface area contributed by atoms with Crippen molar-refractivity contribution in [1.82, 2.24) is 0 Å². The fraction of sp³-hybridized carbons (Fsp3) is 0.286. The number of hydrogen-bond acceptors (Lipinski definition) is 3. The molecule has 54 valence electrons. The topological polar surface area (TPSA) is 52.3 Å². The molecule has 0 fully saturated rings. The smallest absolute Gasteiger partial charge is 0.318 e. The van der Waals surface area contributed by atoms with Gasteiger partial charge in [-0.2, -0.15) is 0 Å². The first kappa shape index (κ1) is 6.86. The molecule has 0 saturated heterocycles. The van der Waals surface area contributed by atoms with Crippen LogP contribution in [0.15, 0.2) is 23.9 Å². The highest BCUT2D eigenvalue weighted by Crippen LogP contribution is 2.15. The fourth-order valence-electron chi connectivity index (χ4n) is 0.834. The lowest BCUT2D eigenvalue weighted by molar-refractivity contribution is -0.142. The number of nitrogens with two attached hydrogens (primary N) is 1. The standard InChI is InChI=1S/C7H9NO2/c1-10-7(9)5-3-2-4-6(5)8/h2-5H,8H2,1H3. The number of rotatable bonds is 1. The predicted molar refractivity (Wildman–Crippen MR) is 36.9 cm³/mol. The summed E-state index contributed by atoms with van der Waals surface area (Å²) in [5, 5.41) is 0. The summed E-state index contributed by atoms with van der Waals surface area (Å²) in [6, 6.07) is 0. The maximum atomic E-state index is 10.8. The molecule has 0 aliphatic heterocycles. The zero-order valence-corrected chi connectivity index (χ0v) is 5.70. The molecule has 0 bridgehead atoms. The van der Waals surface area contributed by atoms with Gasteiger partial charge in [-0.25, -0.2) is 0 Å². The Morgan fingerprint density at radius 1 is 1.80 bits per heavy atom. The van der Waals surface area contributed by atoms with Crippen LogP contribution in [0.4, 0.5) is 0 Å². The summed E-state index contributed by atoms with van der Waals surface area (Å²) in [7, 11) is 1.35. The second-order valence-corrected chi connectivity index (χ2v) is 2.05. The molecule has 3 heteroatoms. The van der Waals surface area contributed by atoms with Gasteiger partial charge in [-0.1, -0.05) is 12.2 Å². The van der Waals surface area contributed by atoms with Gasteiger partial charge in [0.05, 0.1) is 7.11 Å². The normalized spacial score (nSPS) is 22.5. The highest BCUT2D eigenvalue weighted by atomic mass is 16.5. The number of carbonyl (C=O) groups is 1. The Morgan fingerprint density at radius 3 is 2.90 bits per heavy atom. The first-order valence-corrected chi connectivity index (χ1v) is 2.97. The SMILES string of the molecule is COC(=O)C1C=CC=C1N. The van der Waals surface area contributed by atoms with E-state index in [1.54, 1.807) is 18.2 Å². The minimum Gasteiger partial charge on any atom is -0.468 e. The Labute approximate surface area is 59.2 Å². The Balaban J connectivity index is 2.66. The molecule has 0 heterocycles. The van der Waals surface area contributed by atoms with Crippen LogP contribution in [0.5, 0.6) is 0 Å². The lowest BCUT2D eigenvalue weighted by Crippen LogP contribution is -2.18. The molecule has 1 atom stereocenters. The van der Waals surface area contributed by atoms with Crippen LogP contribution in [0.25, 0.3) is 0 Å². The van der Waals surface area contributed by atoms with E-state index in [2.05, 4.69) is 4.74 Å². The molecular formula is C7H9NO2. The molecule has 1 aliphatic rings. The second-order valence-electron chi connectivity index (χ2n) is 2.05. The molecule has 3 nitrogen and oxygen atoms in total. The van der Waals surface area contributed by atoms with Gasteiger partial charge >= 0.3 is 5.97 Å². The van der Waals surface area contributed by atoms with Crippen molar-refractivity contribution < 1.29 is 9.53 Å². The van der Waals surface area contributed by atoms with Crippen LogP contribution in [0.2, 0.25) is 0 Å². The summed E-state index contributed by atoms with van der Waals surface area (Å²) in [6.07, 6.45) is 5.15. The van der Waals surface area contributed by atoms with Crippen LogP contribution in [0, 0.1) is 5.92 Å². The third kappa shape index (κ3) is 1.03. The Hall–Kier alpha value is -1.25. The number of allylic oxidation sites excluding steroid dienone is 2. The van der Waals surface area contributed by atoms with Gasteiger partial charge in [0, 0.05) is 5.70 Å². The zero-order valence-electron chi connectivity index (χ0n) is 5.70. The molecule has 1 unspecified atom stereocenters. The minimum absolute atomic E-state index is 0.303. The highest BCUT2D eigenvalue weighted by Gasteiger charge is 2.20. The molecule has 1 rings (SSSR count). The molecule has 0 radical (unpaired) electrons. The Bertz CT molecular complexity index is 206. The molecule has 0 aromatic heterocycles. The van der Waals surface area contributed by atoms with E-state index in [4.69, 9.17) is 5.73 Å². The summed E-state index contributed by atoms with van der Waals surface area (Å²) in [5.41, 5.74) is 6.00. The maximum absolute atomic E-state index is 10.8. The van der Waals surface area contributed by atoms with Crippen LogP contribution in [0.1, 0.15) is 0 Å². The van der Waals surface area contributed by atoms with Crippen LogP contribution >= 0.6 is 0 Å². The van der Waals surface area contributed by atoms with Crippen LogP contribution < -0.4 is 5.73 Å². The fourth-order valence-corrected chi connectivity index (χ4v) is 0.834. The average molecular weight is 139 g/mol. The third-order valence-corrected chi connectivity index (χ3v) is 1.41. The van der Waals surface area contributed by atoms with Crippen LogP contribution in [-0.2, 0) is 9.53 Å². The Kier molecular flexibility index (Phi) is 1.76. The van der Waals surface area contributed by atoms with Gasteiger partial charge in [0.15, 0.2) is 0 Å². The molecule has 0 spiro atoms. The van der Waals surface area contributed by atoms with E-state index < -0.39 is 0 Å². The second kappa shape index (κ2) is 2.56. The molecular weight excluding hydrogens is 130 g/mol. The van der Waals surface area contributed by atoms with Gasteiger partial charge in [-0.3, -0.25) is 4.79 Å².